The van der Waals surface area contributed by atoms with E-state index in [1.54, 1.807) is 19.5 Å². The SMILES string of the molecule is COc1ccc(-c2ccc(CNCc3ccncc3)o2)cc1Cl. The quantitative estimate of drug-likeness (QED) is 0.733. The molecule has 0 aliphatic rings. The van der Waals surface area contributed by atoms with E-state index in [2.05, 4.69) is 10.3 Å². The highest BCUT2D eigenvalue weighted by atomic mass is 35.5. The van der Waals surface area contributed by atoms with Crippen LogP contribution in [-0.4, -0.2) is 12.1 Å². The summed E-state index contributed by atoms with van der Waals surface area (Å²) in [4.78, 5) is 4.00. The van der Waals surface area contributed by atoms with Crippen molar-refractivity contribution in [1.29, 1.82) is 0 Å². The number of methoxy groups -OCH3 is 1. The Labute approximate surface area is 140 Å². The molecule has 5 heteroatoms. The lowest BCUT2D eigenvalue weighted by molar-refractivity contribution is 0.415. The summed E-state index contributed by atoms with van der Waals surface area (Å²) in [6.07, 6.45) is 3.57. The van der Waals surface area contributed by atoms with E-state index in [-0.39, 0.29) is 0 Å². The summed E-state index contributed by atoms with van der Waals surface area (Å²) < 4.78 is 11.0. The second kappa shape index (κ2) is 7.31. The molecule has 0 aliphatic heterocycles. The van der Waals surface area contributed by atoms with Gasteiger partial charge in [-0.15, -0.1) is 0 Å². The number of ether oxygens (including phenoxy) is 1. The molecule has 1 aromatic carbocycles. The minimum atomic E-state index is 0.568. The summed E-state index contributed by atoms with van der Waals surface area (Å²) in [6, 6.07) is 13.5. The molecule has 0 saturated carbocycles. The second-order valence-corrected chi connectivity index (χ2v) is 5.48. The Bertz CT molecular complexity index is 772. The molecule has 0 aliphatic carbocycles. The van der Waals surface area contributed by atoms with Crippen LogP contribution in [0.25, 0.3) is 11.3 Å². The molecular weight excluding hydrogens is 312 g/mol. The lowest BCUT2D eigenvalue weighted by atomic mass is 10.2. The van der Waals surface area contributed by atoms with Crippen LogP contribution in [0.4, 0.5) is 0 Å². The molecule has 0 amide bonds. The van der Waals surface area contributed by atoms with Gasteiger partial charge in [-0.3, -0.25) is 4.98 Å². The van der Waals surface area contributed by atoms with Crippen molar-refractivity contribution in [1.82, 2.24) is 10.3 Å². The molecule has 0 bridgehead atoms. The fraction of sp³-hybridized carbons (Fsp3) is 0.167. The highest BCUT2D eigenvalue weighted by Gasteiger charge is 2.08. The van der Waals surface area contributed by atoms with Gasteiger partial charge in [-0.1, -0.05) is 11.6 Å². The Morgan fingerprint density at radius 2 is 1.91 bits per heavy atom. The lowest BCUT2D eigenvalue weighted by Gasteiger charge is -2.05. The van der Waals surface area contributed by atoms with Crippen molar-refractivity contribution in [3.8, 4) is 17.1 Å². The number of pyridine rings is 1. The van der Waals surface area contributed by atoms with Gasteiger partial charge in [0.1, 0.15) is 17.3 Å². The molecule has 0 radical (unpaired) electrons. The number of nitrogens with one attached hydrogen (secondary N) is 1. The highest BCUT2D eigenvalue weighted by Crippen LogP contribution is 2.31. The molecule has 3 aromatic rings. The first-order valence-corrected chi connectivity index (χ1v) is 7.66. The Morgan fingerprint density at radius 3 is 2.65 bits per heavy atom. The minimum Gasteiger partial charge on any atom is -0.495 e. The van der Waals surface area contributed by atoms with Crippen LogP contribution in [0.2, 0.25) is 5.02 Å². The fourth-order valence-electron chi connectivity index (χ4n) is 2.28. The van der Waals surface area contributed by atoms with E-state index in [1.807, 2.05) is 42.5 Å². The third-order valence-corrected chi connectivity index (χ3v) is 3.77. The van der Waals surface area contributed by atoms with Crippen LogP contribution >= 0.6 is 11.6 Å². The Hall–Kier alpha value is -2.30. The Kier molecular flexibility index (Phi) is 4.95. The van der Waals surface area contributed by atoms with Crippen LogP contribution < -0.4 is 10.1 Å². The van der Waals surface area contributed by atoms with Crippen LogP contribution in [0.5, 0.6) is 5.75 Å². The molecule has 118 valence electrons. The van der Waals surface area contributed by atoms with Gasteiger partial charge in [0.2, 0.25) is 0 Å². The van der Waals surface area contributed by atoms with E-state index >= 15 is 0 Å². The van der Waals surface area contributed by atoms with Gasteiger partial charge in [-0.2, -0.15) is 0 Å². The highest BCUT2D eigenvalue weighted by molar-refractivity contribution is 6.32. The molecule has 0 atom stereocenters. The van der Waals surface area contributed by atoms with Gasteiger partial charge in [0.05, 0.1) is 18.7 Å². The van der Waals surface area contributed by atoms with Gasteiger partial charge in [0.15, 0.2) is 0 Å². The average molecular weight is 329 g/mol. The van der Waals surface area contributed by atoms with Crippen molar-refractivity contribution in [3.05, 3.63) is 71.2 Å². The topological polar surface area (TPSA) is 47.3 Å². The van der Waals surface area contributed by atoms with Gasteiger partial charge in [-0.25, -0.2) is 0 Å². The second-order valence-electron chi connectivity index (χ2n) is 5.07. The molecule has 0 unspecified atom stereocenters. The average Bonchev–Trinajstić information content (AvgIpc) is 3.05. The number of benzene rings is 1. The van der Waals surface area contributed by atoms with Crippen molar-refractivity contribution in [2.24, 2.45) is 0 Å². The van der Waals surface area contributed by atoms with E-state index in [4.69, 9.17) is 20.8 Å². The zero-order valence-electron chi connectivity index (χ0n) is 12.8. The molecule has 23 heavy (non-hydrogen) atoms. The van der Waals surface area contributed by atoms with Crippen LogP contribution in [0, 0.1) is 0 Å². The standard InChI is InChI=1S/C18H17ClN2O2/c1-22-18-4-2-14(10-16(18)19)17-5-3-15(23-17)12-21-11-13-6-8-20-9-7-13/h2-10,21H,11-12H2,1H3. The molecular formula is C18H17ClN2O2. The van der Waals surface area contributed by atoms with E-state index in [0.717, 1.165) is 23.6 Å². The third-order valence-electron chi connectivity index (χ3n) is 3.48. The first-order valence-electron chi connectivity index (χ1n) is 7.28. The monoisotopic (exact) mass is 328 g/mol. The summed E-state index contributed by atoms with van der Waals surface area (Å²) in [7, 11) is 1.60. The van der Waals surface area contributed by atoms with Gasteiger partial charge in [0, 0.05) is 24.5 Å². The zero-order chi connectivity index (χ0) is 16.1. The maximum Gasteiger partial charge on any atom is 0.137 e. The largest absolute Gasteiger partial charge is 0.495 e. The number of nitrogens with zero attached hydrogens (tertiary/aromatic N) is 1. The number of hydrogen-bond acceptors (Lipinski definition) is 4. The van der Waals surface area contributed by atoms with Gasteiger partial charge in [-0.05, 0) is 48.0 Å². The maximum absolute atomic E-state index is 6.15. The lowest BCUT2D eigenvalue weighted by Crippen LogP contribution is -2.11. The maximum atomic E-state index is 6.15. The number of rotatable bonds is 6. The number of hydrogen-bond donors (Lipinski definition) is 1. The molecule has 3 rings (SSSR count). The summed E-state index contributed by atoms with van der Waals surface area (Å²) in [5, 5.41) is 3.91. The molecule has 2 aromatic heterocycles. The predicted molar refractivity (Wildman–Crippen MR) is 90.5 cm³/mol. The number of halogens is 1. The number of aromatic nitrogens is 1. The van der Waals surface area contributed by atoms with Crippen molar-refractivity contribution in [3.63, 3.8) is 0 Å². The Morgan fingerprint density at radius 1 is 1.09 bits per heavy atom. The van der Waals surface area contributed by atoms with Crippen LogP contribution in [-0.2, 0) is 13.1 Å². The normalized spacial score (nSPS) is 10.7. The number of furan rings is 1. The fourth-order valence-corrected chi connectivity index (χ4v) is 2.54. The smallest absolute Gasteiger partial charge is 0.137 e. The molecule has 0 fully saturated rings. The van der Waals surface area contributed by atoms with Crippen molar-refractivity contribution in [2.45, 2.75) is 13.1 Å². The minimum absolute atomic E-state index is 0.568. The third kappa shape index (κ3) is 3.92. The Balaban J connectivity index is 1.63. The molecule has 0 saturated heterocycles. The predicted octanol–water partition coefficient (Wildman–Crippen LogP) is 4.29. The van der Waals surface area contributed by atoms with Crippen LogP contribution in [0.15, 0.2) is 59.3 Å². The van der Waals surface area contributed by atoms with E-state index in [1.165, 1.54) is 5.56 Å². The van der Waals surface area contributed by atoms with Gasteiger partial charge < -0.3 is 14.5 Å². The summed E-state index contributed by atoms with van der Waals surface area (Å²) >= 11 is 6.15. The first kappa shape index (κ1) is 15.6. The van der Waals surface area contributed by atoms with Crippen molar-refractivity contribution in [2.75, 3.05) is 7.11 Å². The van der Waals surface area contributed by atoms with E-state index < -0.39 is 0 Å². The summed E-state index contributed by atoms with van der Waals surface area (Å²) in [6.45, 7) is 1.43. The van der Waals surface area contributed by atoms with Gasteiger partial charge >= 0.3 is 0 Å². The van der Waals surface area contributed by atoms with Gasteiger partial charge in [0.25, 0.3) is 0 Å². The van der Waals surface area contributed by atoms with E-state index in [9.17, 15) is 0 Å². The first-order chi connectivity index (χ1) is 11.3. The molecule has 4 nitrogen and oxygen atoms in total. The molecule has 1 N–H and O–H groups in total. The van der Waals surface area contributed by atoms with E-state index in [0.29, 0.717) is 17.3 Å². The summed E-state index contributed by atoms with van der Waals surface area (Å²) in [5.41, 5.74) is 2.12. The van der Waals surface area contributed by atoms with Crippen molar-refractivity contribution < 1.29 is 9.15 Å². The zero-order valence-corrected chi connectivity index (χ0v) is 13.5. The molecule has 2 heterocycles. The molecule has 0 spiro atoms. The van der Waals surface area contributed by atoms with Crippen LogP contribution in [0.3, 0.4) is 0 Å². The van der Waals surface area contributed by atoms with Crippen LogP contribution in [0.1, 0.15) is 11.3 Å². The summed E-state index contributed by atoms with van der Waals surface area (Å²) in [5.74, 6) is 2.32. The van der Waals surface area contributed by atoms with Crippen molar-refractivity contribution >= 4 is 11.6 Å².